The van der Waals surface area contributed by atoms with Gasteiger partial charge in [-0.05, 0) is 37.2 Å². The van der Waals surface area contributed by atoms with Gasteiger partial charge in [0.2, 0.25) is 10.0 Å². The molecule has 39 heavy (non-hydrogen) atoms. The average molecular weight is 611 g/mol. The third kappa shape index (κ3) is 11.0. The zero-order valence-corrected chi connectivity index (χ0v) is 23.2. The van der Waals surface area contributed by atoms with E-state index in [2.05, 4.69) is 0 Å². The Morgan fingerprint density at radius 2 is 1.26 bits per heavy atom. The van der Waals surface area contributed by atoms with E-state index < -0.39 is 30.3 Å². The Hall–Kier alpha value is -2.35. The van der Waals surface area contributed by atoms with E-state index in [0.29, 0.717) is 32.6 Å². The second-order valence-corrected chi connectivity index (χ2v) is 13.1. The van der Waals surface area contributed by atoms with Crippen molar-refractivity contribution in [3.63, 3.8) is 0 Å². The zero-order chi connectivity index (χ0) is 28.5. The molecule has 1 heterocycles. The minimum absolute atomic E-state index is 0.0610. The molecule has 1 aliphatic heterocycles. The fourth-order valence-corrected chi connectivity index (χ4v) is 5.48. The highest BCUT2D eigenvalue weighted by molar-refractivity contribution is 7.95. The summed E-state index contributed by atoms with van der Waals surface area (Å²) in [5.41, 5.74) is 0. The van der Waals surface area contributed by atoms with Crippen molar-refractivity contribution in [3.05, 3.63) is 48.5 Å². The fourth-order valence-electron chi connectivity index (χ4n) is 3.34. The zero-order valence-electron chi connectivity index (χ0n) is 20.8. The lowest BCUT2D eigenvalue weighted by Gasteiger charge is -2.22. The third-order valence-corrected chi connectivity index (χ3v) is 8.58. The summed E-state index contributed by atoms with van der Waals surface area (Å²) in [5.74, 6) is 0.472. The van der Waals surface area contributed by atoms with Crippen molar-refractivity contribution < 1.29 is 53.3 Å². The van der Waals surface area contributed by atoms with E-state index in [0.717, 1.165) is 0 Å². The largest absolute Gasteiger partial charge is 0.468 e. The third-order valence-electron chi connectivity index (χ3n) is 5.44. The minimum Gasteiger partial charge on any atom is -0.468 e. The molecule has 1 atom stereocenters. The molecule has 1 fully saturated rings. The summed E-state index contributed by atoms with van der Waals surface area (Å²) in [6.45, 7) is 2.05. The van der Waals surface area contributed by atoms with Gasteiger partial charge in [0, 0.05) is 31.8 Å². The monoisotopic (exact) mass is 610 g/mol. The maximum Gasteiger partial charge on any atom is 0.294 e. The van der Waals surface area contributed by atoms with Crippen LogP contribution in [0.5, 0.6) is 11.5 Å². The molecular weight excluding hydrogens is 580 g/mol. The van der Waals surface area contributed by atoms with Crippen LogP contribution in [-0.2, 0) is 39.7 Å². The molecule has 0 aromatic heterocycles. The fraction of sp³-hybridized carbons (Fsp3) is 0.455. The quantitative estimate of drug-likeness (QED) is 0.105. The van der Waals surface area contributed by atoms with Gasteiger partial charge in [0.15, 0.2) is 13.6 Å². The predicted molar refractivity (Wildman–Crippen MR) is 137 cm³/mol. The lowest BCUT2D eigenvalue weighted by Crippen LogP contribution is -2.33. The van der Waals surface area contributed by atoms with Crippen LogP contribution >= 0.6 is 0 Å². The molecule has 0 saturated carbocycles. The van der Waals surface area contributed by atoms with Gasteiger partial charge in [-0.1, -0.05) is 12.1 Å². The molecule has 0 bridgehead atoms. The molecule has 3 rings (SSSR count). The molecule has 0 amide bonds. The SMILES string of the molecule is O=S(=O)(O)c1cccc(OCOCCN(CCCN2CS2(=O)=O)CCOCOc2cccc(S(=O)(=O)O)c2)c1. The first-order valence-corrected chi connectivity index (χ1v) is 16.1. The lowest BCUT2D eigenvalue weighted by molar-refractivity contribution is -0.0112. The highest BCUT2D eigenvalue weighted by Gasteiger charge is 2.39. The van der Waals surface area contributed by atoms with E-state index in [1.807, 2.05) is 4.90 Å². The number of hydrogen-bond acceptors (Lipinski definition) is 11. The van der Waals surface area contributed by atoms with E-state index in [9.17, 15) is 25.3 Å². The van der Waals surface area contributed by atoms with Gasteiger partial charge in [0.05, 0.1) is 23.0 Å². The summed E-state index contributed by atoms with van der Waals surface area (Å²) in [7, 11) is -11.8. The molecule has 1 unspecified atom stereocenters. The Bertz CT molecular complexity index is 1330. The smallest absolute Gasteiger partial charge is 0.294 e. The molecule has 0 aliphatic carbocycles. The lowest BCUT2D eigenvalue weighted by atomic mass is 10.3. The Morgan fingerprint density at radius 3 is 1.67 bits per heavy atom. The minimum atomic E-state index is -4.35. The molecule has 2 aromatic rings. The first-order chi connectivity index (χ1) is 18.3. The number of sulfonamides is 1. The van der Waals surface area contributed by atoms with Gasteiger partial charge in [0.1, 0.15) is 17.4 Å². The molecule has 1 aliphatic rings. The highest BCUT2D eigenvalue weighted by atomic mass is 32.2. The number of benzene rings is 2. The summed E-state index contributed by atoms with van der Waals surface area (Å²) in [5, 5.41) is 0. The Balaban J connectivity index is 1.40. The molecule has 218 valence electrons. The Morgan fingerprint density at radius 1 is 0.795 bits per heavy atom. The summed E-state index contributed by atoms with van der Waals surface area (Å²) < 4.78 is 109. The van der Waals surface area contributed by atoms with Crippen LogP contribution in [0.3, 0.4) is 0 Å². The van der Waals surface area contributed by atoms with Crippen LogP contribution in [0.1, 0.15) is 6.42 Å². The van der Waals surface area contributed by atoms with Crippen molar-refractivity contribution >= 4 is 30.3 Å². The number of hydrogen-bond donors (Lipinski definition) is 2. The van der Waals surface area contributed by atoms with Gasteiger partial charge in [-0.15, -0.1) is 0 Å². The molecule has 2 N–H and O–H groups in total. The number of ether oxygens (including phenoxy) is 4. The molecule has 1 saturated heterocycles. The van der Waals surface area contributed by atoms with Gasteiger partial charge in [0.25, 0.3) is 20.2 Å². The molecule has 0 radical (unpaired) electrons. The summed E-state index contributed by atoms with van der Waals surface area (Å²) in [4.78, 5) is 1.40. The van der Waals surface area contributed by atoms with Crippen LogP contribution < -0.4 is 9.47 Å². The second-order valence-electron chi connectivity index (χ2n) is 8.35. The van der Waals surface area contributed by atoms with E-state index in [4.69, 9.17) is 28.1 Å². The summed E-state index contributed by atoms with van der Waals surface area (Å²) >= 11 is 0. The van der Waals surface area contributed by atoms with Crippen LogP contribution in [0.15, 0.2) is 58.3 Å². The average Bonchev–Trinajstić information content (AvgIpc) is 3.48. The van der Waals surface area contributed by atoms with E-state index in [1.165, 1.54) is 52.8 Å². The van der Waals surface area contributed by atoms with Crippen LogP contribution in [0, 0.1) is 0 Å². The van der Waals surface area contributed by atoms with Crippen LogP contribution in [0.2, 0.25) is 0 Å². The number of rotatable bonds is 18. The normalized spacial score (nSPS) is 16.7. The first kappa shape index (κ1) is 31.2. The van der Waals surface area contributed by atoms with Gasteiger partial charge in [-0.3, -0.25) is 14.0 Å². The Kier molecular flexibility index (Phi) is 11.1. The van der Waals surface area contributed by atoms with Gasteiger partial charge in [-0.2, -0.15) is 21.1 Å². The number of nitrogens with zero attached hydrogens (tertiary/aromatic N) is 2. The second kappa shape index (κ2) is 13.8. The highest BCUT2D eigenvalue weighted by Crippen LogP contribution is 2.19. The van der Waals surface area contributed by atoms with Crippen molar-refractivity contribution in [2.75, 3.05) is 58.9 Å². The molecule has 14 nitrogen and oxygen atoms in total. The summed E-state index contributed by atoms with van der Waals surface area (Å²) in [6, 6.07) is 10.7. The van der Waals surface area contributed by atoms with Crippen LogP contribution in [-0.4, -0.2) is 102 Å². The first-order valence-electron chi connectivity index (χ1n) is 11.6. The van der Waals surface area contributed by atoms with E-state index in [-0.39, 0.29) is 54.0 Å². The molecule has 2 aromatic carbocycles. The van der Waals surface area contributed by atoms with Crippen molar-refractivity contribution in [1.82, 2.24) is 9.21 Å². The van der Waals surface area contributed by atoms with Crippen molar-refractivity contribution in [3.8, 4) is 11.5 Å². The van der Waals surface area contributed by atoms with Gasteiger partial charge in [-0.25, -0.2) is 8.42 Å². The van der Waals surface area contributed by atoms with Crippen molar-refractivity contribution in [2.45, 2.75) is 16.2 Å². The topological polar surface area (TPSA) is 186 Å². The maximum absolute atomic E-state index is 11.4. The summed E-state index contributed by atoms with van der Waals surface area (Å²) in [6.07, 6.45) is 0.594. The van der Waals surface area contributed by atoms with Gasteiger partial charge >= 0.3 is 0 Å². The standard InChI is InChI=1S/C22H30N2O12S3/c25-37(26)16-24(37)9-3-8-23(10-12-33-17-35-19-4-1-6-21(14-19)38(27,28)29)11-13-34-18-36-20-5-2-7-22(15-20)39(30,31)32/h1-2,4-7,14-15H,3,8-13,16-18H2,(H,27,28,29)(H,30,31,32). The maximum atomic E-state index is 11.4. The van der Waals surface area contributed by atoms with E-state index in [1.54, 1.807) is 0 Å². The molecule has 0 spiro atoms. The van der Waals surface area contributed by atoms with Crippen LogP contribution in [0.4, 0.5) is 0 Å². The molecule has 17 heteroatoms. The van der Waals surface area contributed by atoms with Crippen LogP contribution in [0.25, 0.3) is 0 Å². The molecular formula is C22H30N2O12S3. The predicted octanol–water partition coefficient (Wildman–Crippen LogP) is 0.881. The van der Waals surface area contributed by atoms with Crippen molar-refractivity contribution in [2.24, 2.45) is 0 Å². The Labute approximate surface area is 227 Å². The van der Waals surface area contributed by atoms with Gasteiger partial charge < -0.3 is 18.9 Å². The van der Waals surface area contributed by atoms with Crippen molar-refractivity contribution in [1.29, 1.82) is 0 Å². The van der Waals surface area contributed by atoms with E-state index >= 15 is 0 Å².